The van der Waals surface area contributed by atoms with Gasteiger partial charge in [0.1, 0.15) is 6.54 Å². The van der Waals surface area contributed by atoms with Crippen LogP contribution in [0.4, 0.5) is 16.2 Å². The second-order valence-electron chi connectivity index (χ2n) is 11.7. The summed E-state index contributed by atoms with van der Waals surface area (Å²) in [6.45, 7) is 6.33. The topological polar surface area (TPSA) is 102 Å². The first-order chi connectivity index (χ1) is 20.0. The largest absolute Gasteiger partial charge is 0.480 e. The number of hydrogen-bond acceptors (Lipinski definition) is 4. The zero-order valence-electron chi connectivity index (χ0n) is 25.3. The maximum atomic E-state index is 14.0. The summed E-state index contributed by atoms with van der Waals surface area (Å²) in [6.07, 6.45) is 4.54. The fourth-order valence-electron chi connectivity index (χ4n) is 5.89. The van der Waals surface area contributed by atoms with E-state index in [0.717, 1.165) is 66.5 Å². The third-order valence-electron chi connectivity index (χ3n) is 7.78. The monoisotopic (exact) mass is 570 g/mol. The molecule has 1 aliphatic rings. The molecule has 222 valence electrons. The van der Waals surface area contributed by atoms with Crippen LogP contribution in [-0.4, -0.2) is 59.5 Å². The first kappa shape index (κ1) is 30.8. The summed E-state index contributed by atoms with van der Waals surface area (Å²) in [5, 5.41) is 15.5. The van der Waals surface area contributed by atoms with Crippen LogP contribution in [0, 0.1) is 20.8 Å². The highest BCUT2D eigenvalue weighted by molar-refractivity contribution is 6.08. The molecule has 1 saturated carbocycles. The lowest BCUT2D eigenvalue weighted by atomic mass is 9.93. The first-order valence-electron chi connectivity index (χ1n) is 14.6. The van der Waals surface area contributed by atoms with Crippen LogP contribution in [0.5, 0.6) is 0 Å². The van der Waals surface area contributed by atoms with Gasteiger partial charge in [0.05, 0.1) is 11.3 Å². The van der Waals surface area contributed by atoms with Crippen molar-refractivity contribution in [3.05, 3.63) is 82.4 Å². The molecule has 0 bridgehead atoms. The van der Waals surface area contributed by atoms with Gasteiger partial charge < -0.3 is 25.5 Å². The molecular formula is C34H42N4O4. The van der Waals surface area contributed by atoms with Crippen LogP contribution in [0.2, 0.25) is 0 Å². The lowest BCUT2D eigenvalue weighted by Gasteiger charge is -2.33. The van der Waals surface area contributed by atoms with Crippen LogP contribution in [-0.2, 0) is 11.3 Å². The smallest absolute Gasteiger partial charge is 0.323 e. The van der Waals surface area contributed by atoms with E-state index in [1.54, 1.807) is 12.1 Å². The number of amides is 3. The number of aryl methyl sites for hydroxylation is 3. The molecule has 3 aromatic carbocycles. The molecule has 4 rings (SSSR count). The van der Waals surface area contributed by atoms with Crippen molar-refractivity contribution in [2.45, 2.75) is 65.5 Å². The van der Waals surface area contributed by atoms with Crippen molar-refractivity contribution in [2.24, 2.45) is 0 Å². The predicted octanol–water partition coefficient (Wildman–Crippen LogP) is 6.84. The van der Waals surface area contributed by atoms with Crippen LogP contribution in [0.1, 0.15) is 64.7 Å². The van der Waals surface area contributed by atoms with E-state index in [1.807, 2.05) is 65.2 Å². The SMILES string of the molecule is Cc1cc(C)c(NC(=O)Nc2cc(-c3ccc(CN(C)C)cc3)ccc2C(=O)N(CC(=O)O)C2CCCCC2)c(C)c1. The molecule has 0 aliphatic heterocycles. The second kappa shape index (κ2) is 13.7. The molecule has 0 radical (unpaired) electrons. The third kappa shape index (κ3) is 7.76. The fourth-order valence-corrected chi connectivity index (χ4v) is 5.89. The van der Waals surface area contributed by atoms with E-state index in [0.29, 0.717) is 11.4 Å². The summed E-state index contributed by atoms with van der Waals surface area (Å²) in [7, 11) is 4.04. The van der Waals surface area contributed by atoms with Crippen LogP contribution in [0.3, 0.4) is 0 Å². The molecule has 3 aromatic rings. The van der Waals surface area contributed by atoms with Gasteiger partial charge in [0.2, 0.25) is 0 Å². The number of carbonyl (C=O) groups excluding carboxylic acids is 2. The van der Waals surface area contributed by atoms with Gasteiger partial charge in [-0.05, 0) is 87.7 Å². The first-order valence-corrected chi connectivity index (χ1v) is 14.6. The Hall–Kier alpha value is -4.17. The number of benzene rings is 3. The van der Waals surface area contributed by atoms with Gasteiger partial charge in [-0.2, -0.15) is 0 Å². The van der Waals surface area contributed by atoms with E-state index in [4.69, 9.17) is 0 Å². The van der Waals surface area contributed by atoms with Crippen molar-refractivity contribution >= 4 is 29.3 Å². The summed E-state index contributed by atoms with van der Waals surface area (Å²) in [6, 6.07) is 16.9. The van der Waals surface area contributed by atoms with Crippen molar-refractivity contribution < 1.29 is 19.5 Å². The Morgan fingerprint density at radius 1 is 0.833 bits per heavy atom. The molecule has 0 aromatic heterocycles. The van der Waals surface area contributed by atoms with Gasteiger partial charge >= 0.3 is 12.0 Å². The molecule has 8 heteroatoms. The molecule has 0 heterocycles. The van der Waals surface area contributed by atoms with Crippen LogP contribution in [0.25, 0.3) is 11.1 Å². The fraction of sp³-hybridized carbons (Fsp3) is 0.382. The van der Waals surface area contributed by atoms with E-state index >= 15 is 0 Å². The highest BCUT2D eigenvalue weighted by Gasteiger charge is 2.30. The van der Waals surface area contributed by atoms with E-state index in [9.17, 15) is 19.5 Å². The lowest BCUT2D eigenvalue weighted by molar-refractivity contribution is -0.138. The normalized spacial score (nSPS) is 13.6. The predicted molar refractivity (Wildman–Crippen MR) is 168 cm³/mol. The van der Waals surface area contributed by atoms with Crippen molar-refractivity contribution in [2.75, 3.05) is 31.3 Å². The Balaban J connectivity index is 1.70. The number of carboxylic acid groups (broad SMARTS) is 1. The number of anilines is 2. The number of carboxylic acids is 1. The molecular weight excluding hydrogens is 528 g/mol. The summed E-state index contributed by atoms with van der Waals surface area (Å²) >= 11 is 0. The molecule has 0 unspecified atom stereocenters. The van der Waals surface area contributed by atoms with Crippen molar-refractivity contribution in [1.82, 2.24) is 9.80 Å². The minimum Gasteiger partial charge on any atom is -0.480 e. The summed E-state index contributed by atoms with van der Waals surface area (Å²) in [4.78, 5) is 42.7. The molecule has 8 nitrogen and oxygen atoms in total. The quantitative estimate of drug-likeness (QED) is 0.261. The number of rotatable bonds is 9. The van der Waals surface area contributed by atoms with Gasteiger partial charge in [0.15, 0.2) is 0 Å². The second-order valence-corrected chi connectivity index (χ2v) is 11.7. The minimum absolute atomic E-state index is 0.147. The number of aliphatic carboxylic acids is 1. The van der Waals surface area contributed by atoms with E-state index in [-0.39, 0.29) is 18.2 Å². The molecule has 42 heavy (non-hydrogen) atoms. The zero-order chi connectivity index (χ0) is 30.4. The molecule has 0 spiro atoms. The van der Waals surface area contributed by atoms with Gasteiger partial charge in [-0.1, -0.05) is 67.3 Å². The highest BCUT2D eigenvalue weighted by atomic mass is 16.4. The highest BCUT2D eigenvalue weighted by Crippen LogP contribution is 2.31. The number of carbonyl (C=O) groups is 3. The van der Waals surface area contributed by atoms with Crippen LogP contribution in [0.15, 0.2) is 54.6 Å². The number of nitrogens with zero attached hydrogens (tertiary/aromatic N) is 2. The van der Waals surface area contributed by atoms with Crippen molar-refractivity contribution in [1.29, 1.82) is 0 Å². The summed E-state index contributed by atoms with van der Waals surface area (Å²) in [5.41, 5.74) is 7.26. The van der Waals surface area contributed by atoms with Gasteiger partial charge in [0, 0.05) is 18.3 Å². The van der Waals surface area contributed by atoms with Crippen LogP contribution < -0.4 is 10.6 Å². The third-order valence-corrected chi connectivity index (χ3v) is 7.78. The Morgan fingerprint density at radius 3 is 2.05 bits per heavy atom. The van der Waals surface area contributed by atoms with Gasteiger partial charge in [0.25, 0.3) is 5.91 Å². The average molecular weight is 571 g/mol. The van der Waals surface area contributed by atoms with Gasteiger partial charge in [-0.25, -0.2) is 4.79 Å². The molecule has 3 N–H and O–H groups in total. The van der Waals surface area contributed by atoms with Crippen molar-refractivity contribution in [3.8, 4) is 11.1 Å². The van der Waals surface area contributed by atoms with Gasteiger partial charge in [-0.15, -0.1) is 0 Å². The van der Waals surface area contributed by atoms with E-state index in [2.05, 4.69) is 27.7 Å². The maximum absolute atomic E-state index is 14.0. The summed E-state index contributed by atoms with van der Waals surface area (Å²) in [5.74, 6) is -1.45. The lowest BCUT2D eigenvalue weighted by Crippen LogP contribution is -2.44. The van der Waals surface area contributed by atoms with E-state index in [1.165, 1.54) is 10.5 Å². The zero-order valence-corrected chi connectivity index (χ0v) is 25.3. The number of hydrogen-bond donors (Lipinski definition) is 3. The molecule has 1 fully saturated rings. The van der Waals surface area contributed by atoms with E-state index < -0.39 is 17.9 Å². The molecule has 0 atom stereocenters. The maximum Gasteiger partial charge on any atom is 0.323 e. The molecule has 3 amide bonds. The Kier molecular flexibility index (Phi) is 10.0. The van der Waals surface area contributed by atoms with Crippen molar-refractivity contribution in [3.63, 3.8) is 0 Å². The Morgan fingerprint density at radius 2 is 1.45 bits per heavy atom. The molecule has 0 saturated heterocycles. The molecule has 1 aliphatic carbocycles. The average Bonchev–Trinajstić information content (AvgIpc) is 2.94. The Labute approximate surface area is 248 Å². The minimum atomic E-state index is -1.05. The van der Waals surface area contributed by atoms with Crippen LogP contribution >= 0.6 is 0 Å². The standard InChI is InChI=1S/C34H42N4O4/c1-22-17-23(2)32(24(3)18-22)36-34(42)35-30-19-27(26-13-11-25(12-14-26)20-37(4)5)15-16-29(30)33(41)38(21-31(39)40)28-9-7-6-8-10-28/h11-19,28H,6-10,20-21H2,1-5H3,(H,39,40)(H2,35,36,42). The summed E-state index contributed by atoms with van der Waals surface area (Å²) < 4.78 is 0. The number of urea groups is 1. The number of nitrogens with one attached hydrogen (secondary N) is 2. The Bertz CT molecular complexity index is 1420. The van der Waals surface area contributed by atoms with Gasteiger partial charge in [-0.3, -0.25) is 9.59 Å².